The minimum atomic E-state index is -3.56. The molecule has 8 heteroatoms. The second-order valence-corrected chi connectivity index (χ2v) is 7.85. The molecule has 0 unspecified atom stereocenters. The van der Waals surface area contributed by atoms with Crippen LogP contribution in [0.25, 0.3) is 0 Å². The van der Waals surface area contributed by atoms with Crippen LogP contribution in [0.3, 0.4) is 0 Å². The van der Waals surface area contributed by atoms with Crippen LogP contribution in [0, 0.1) is 6.92 Å². The smallest absolute Gasteiger partial charge is 0.243 e. The van der Waals surface area contributed by atoms with Crippen molar-refractivity contribution in [1.29, 1.82) is 0 Å². The van der Waals surface area contributed by atoms with Crippen molar-refractivity contribution in [2.45, 2.75) is 13.0 Å². The van der Waals surface area contributed by atoms with Gasteiger partial charge in [0.25, 0.3) is 0 Å². The van der Waals surface area contributed by atoms with E-state index in [0.29, 0.717) is 32.1 Å². The topological polar surface area (TPSA) is 76.2 Å². The van der Waals surface area contributed by atoms with E-state index in [1.54, 1.807) is 19.2 Å². The number of hydrogen-bond donors (Lipinski definition) is 0. The molecule has 0 aromatic heterocycles. The van der Waals surface area contributed by atoms with Gasteiger partial charge in [-0.2, -0.15) is 0 Å². The van der Waals surface area contributed by atoms with Gasteiger partial charge in [-0.05, 0) is 19.1 Å². The lowest BCUT2D eigenvalue weighted by Crippen LogP contribution is -2.45. The van der Waals surface area contributed by atoms with Crippen molar-refractivity contribution in [2.75, 3.05) is 50.5 Å². The van der Waals surface area contributed by atoms with Crippen LogP contribution in [0.1, 0.15) is 5.56 Å². The number of sulfonamides is 1. The molecule has 0 saturated carbocycles. The standard InChI is InChI=1S/C16H24N2O5S/c1-13-4-6-14(7-5-13)18(24(3,20)21)11-16(19)17(2)10-15-12-22-8-9-23-15/h4-7,15H,8-12H2,1-3H3/t15-/m0/s1. The molecule has 1 atom stereocenters. The third-order valence-electron chi connectivity index (χ3n) is 3.79. The van der Waals surface area contributed by atoms with Crippen molar-refractivity contribution >= 4 is 21.6 Å². The highest BCUT2D eigenvalue weighted by molar-refractivity contribution is 7.92. The van der Waals surface area contributed by atoms with Gasteiger partial charge in [0.05, 0.1) is 37.9 Å². The Hall–Kier alpha value is -1.64. The first-order valence-corrected chi connectivity index (χ1v) is 9.60. The summed E-state index contributed by atoms with van der Waals surface area (Å²) in [5, 5.41) is 0. The number of aryl methyl sites for hydroxylation is 1. The molecule has 1 saturated heterocycles. The van der Waals surface area contributed by atoms with E-state index in [1.807, 2.05) is 19.1 Å². The summed E-state index contributed by atoms with van der Waals surface area (Å²) in [6, 6.07) is 7.02. The highest BCUT2D eigenvalue weighted by atomic mass is 32.2. The Morgan fingerprint density at radius 1 is 1.25 bits per heavy atom. The van der Waals surface area contributed by atoms with Gasteiger partial charge >= 0.3 is 0 Å². The molecule has 1 heterocycles. The Balaban J connectivity index is 2.05. The summed E-state index contributed by atoms with van der Waals surface area (Å²) < 4.78 is 36.1. The first-order chi connectivity index (χ1) is 11.3. The minimum absolute atomic E-state index is 0.182. The fraction of sp³-hybridized carbons (Fsp3) is 0.562. The second-order valence-electron chi connectivity index (χ2n) is 5.95. The average molecular weight is 356 g/mol. The van der Waals surface area contributed by atoms with E-state index in [2.05, 4.69) is 0 Å². The first kappa shape index (κ1) is 18.7. The van der Waals surface area contributed by atoms with Gasteiger partial charge in [0.15, 0.2) is 0 Å². The summed E-state index contributed by atoms with van der Waals surface area (Å²) >= 11 is 0. The number of ether oxygens (including phenoxy) is 2. The van der Waals surface area contributed by atoms with E-state index >= 15 is 0 Å². The Labute approximate surface area is 143 Å². The van der Waals surface area contributed by atoms with Crippen LogP contribution < -0.4 is 4.31 Å². The molecule has 1 aromatic rings. The quantitative estimate of drug-likeness (QED) is 0.747. The third-order valence-corrected chi connectivity index (χ3v) is 4.93. The summed E-state index contributed by atoms with van der Waals surface area (Å²) in [7, 11) is -1.93. The summed E-state index contributed by atoms with van der Waals surface area (Å²) in [6.07, 6.45) is 0.914. The van der Waals surface area contributed by atoms with E-state index in [4.69, 9.17) is 9.47 Å². The largest absolute Gasteiger partial charge is 0.376 e. The van der Waals surface area contributed by atoms with Gasteiger partial charge in [-0.15, -0.1) is 0 Å². The van der Waals surface area contributed by atoms with Crippen LogP contribution >= 0.6 is 0 Å². The van der Waals surface area contributed by atoms with Crippen LogP contribution in [-0.4, -0.2) is 71.5 Å². The van der Waals surface area contributed by atoms with Crippen molar-refractivity contribution in [2.24, 2.45) is 0 Å². The zero-order valence-corrected chi connectivity index (χ0v) is 15.1. The Kier molecular flexibility index (Phi) is 6.20. The molecule has 0 radical (unpaired) electrons. The van der Waals surface area contributed by atoms with E-state index < -0.39 is 10.0 Å². The van der Waals surface area contributed by atoms with Crippen molar-refractivity contribution < 1.29 is 22.7 Å². The number of anilines is 1. The molecule has 2 rings (SSSR count). The molecule has 0 spiro atoms. The van der Waals surface area contributed by atoms with Crippen LogP contribution in [0.2, 0.25) is 0 Å². The van der Waals surface area contributed by atoms with Gasteiger partial charge in [-0.1, -0.05) is 17.7 Å². The van der Waals surface area contributed by atoms with Gasteiger partial charge in [0.1, 0.15) is 6.54 Å². The van der Waals surface area contributed by atoms with Gasteiger partial charge in [-0.3, -0.25) is 9.10 Å². The summed E-state index contributed by atoms with van der Waals surface area (Å²) in [4.78, 5) is 13.9. The van der Waals surface area contributed by atoms with Crippen molar-refractivity contribution in [3.05, 3.63) is 29.8 Å². The predicted octanol–water partition coefficient (Wildman–Crippen LogP) is 0.635. The van der Waals surface area contributed by atoms with E-state index in [1.165, 1.54) is 4.90 Å². The number of hydrogen-bond acceptors (Lipinski definition) is 5. The van der Waals surface area contributed by atoms with E-state index in [-0.39, 0.29) is 18.6 Å². The van der Waals surface area contributed by atoms with Gasteiger partial charge in [0.2, 0.25) is 15.9 Å². The monoisotopic (exact) mass is 356 g/mol. The van der Waals surface area contributed by atoms with Crippen LogP contribution in [0.15, 0.2) is 24.3 Å². The summed E-state index contributed by atoms with van der Waals surface area (Å²) in [5.74, 6) is -0.296. The highest BCUT2D eigenvalue weighted by Crippen LogP contribution is 2.18. The summed E-state index contributed by atoms with van der Waals surface area (Å²) in [5.41, 5.74) is 1.49. The lowest BCUT2D eigenvalue weighted by molar-refractivity contribution is -0.134. The normalized spacial score (nSPS) is 18.2. The summed E-state index contributed by atoms with van der Waals surface area (Å²) in [6.45, 7) is 3.54. The molecule has 1 amide bonds. The lowest BCUT2D eigenvalue weighted by Gasteiger charge is -2.29. The van der Waals surface area contributed by atoms with Crippen molar-refractivity contribution in [3.63, 3.8) is 0 Å². The van der Waals surface area contributed by atoms with Gasteiger partial charge in [-0.25, -0.2) is 8.42 Å². The predicted molar refractivity (Wildman–Crippen MR) is 91.6 cm³/mol. The lowest BCUT2D eigenvalue weighted by atomic mass is 10.2. The van der Waals surface area contributed by atoms with Gasteiger partial charge < -0.3 is 14.4 Å². The number of rotatable bonds is 6. The Morgan fingerprint density at radius 2 is 1.92 bits per heavy atom. The van der Waals surface area contributed by atoms with Crippen molar-refractivity contribution in [1.82, 2.24) is 4.90 Å². The SMILES string of the molecule is Cc1ccc(N(CC(=O)N(C)C[C@H]2COCCO2)S(C)(=O)=O)cc1. The molecule has 1 aromatic carbocycles. The molecule has 1 fully saturated rings. The maximum Gasteiger partial charge on any atom is 0.243 e. The minimum Gasteiger partial charge on any atom is -0.376 e. The molecular weight excluding hydrogens is 332 g/mol. The number of carbonyl (C=O) groups is 1. The Bertz CT molecular complexity index is 654. The van der Waals surface area contributed by atoms with E-state index in [0.717, 1.165) is 16.1 Å². The number of nitrogens with zero attached hydrogens (tertiary/aromatic N) is 2. The molecule has 0 bridgehead atoms. The Morgan fingerprint density at radius 3 is 2.46 bits per heavy atom. The molecule has 7 nitrogen and oxygen atoms in total. The molecular formula is C16H24N2O5S. The maximum atomic E-state index is 12.4. The zero-order chi connectivity index (χ0) is 17.7. The second kappa shape index (κ2) is 7.96. The number of carbonyl (C=O) groups excluding carboxylic acids is 1. The third kappa shape index (κ3) is 5.19. The fourth-order valence-corrected chi connectivity index (χ4v) is 3.25. The number of likely N-dealkylation sites (N-methyl/N-ethyl adjacent to an activating group) is 1. The van der Waals surface area contributed by atoms with Crippen LogP contribution in [-0.2, 0) is 24.3 Å². The fourth-order valence-electron chi connectivity index (χ4n) is 2.40. The van der Waals surface area contributed by atoms with E-state index in [9.17, 15) is 13.2 Å². The maximum absolute atomic E-state index is 12.4. The molecule has 24 heavy (non-hydrogen) atoms. The van der Waals surface area contributed by atoms with Gasteiger partial charge in [0, 0.05) is 13.6 Å². The zero-order valence-electron chi connectivity index (χ0n) is 14.3. The number of amides is 1. The molecule has 0 N–H and O–H groups in total. The van der Waals surface area contributed by atoms with Crippen LogP contribution in [0.4, 0.5) is 5.69 Å². The van der Waals surface area contributed by atoms with Crippen molar-refractivity contribution in [3.8, 4) is 0 Å². The highest BCUT2D eigenvalue weighted by Gasteiger charge is 2.25. The average Bonchev–Trinajstić information content (AvgIpc) is 2.53. The molecule has 1 aliphatic rings. The van der Waals surface area contributed by atoms with Crippen LogP contribution in [0.5, 0.6) is 0 Å². The first-order valence-electron chi connectivity index (χ1n) is 7.75. The molecule has 0 aliphatic carbocycles. The molecule has 1 aliphatic heterocycles. The molecule has 134 valence electrons. The number of benzene rings is 1.